The van der Waals surface area contributed by atoms with E-state index < -0.39 is 27.8 Å². The van der Waals surface area contributed by atoms with Crippen LogP contribution in [0.15, 0.2) is 0 Å². The first-order chi connectivity index (χ1) is 9.98. The van der Waals surface area contributed by atoms with Crippen molar-refractivity contribution in [2.45, 2.75) is 39.4 Å². The highest BCUT2D eigenvalue weighted by Gasteiger charge is 2.22. The van der Waals surface area contributed by atoms with E-state index in [1.54, 1.807) is 27.7 Å². The minimum absolute atomic E-state index is 0.0970. The fourth-order valence-corrected chi connectivity index (χ4v) is 2.49. The van der Waals surface area contributed by atoms with E-state index in [-0.39, 0.29) is 25.4 Å². The number of carbonyl (C=O) groups excluding carboxylic acids is 1. The Morgan fingerprint density at radius 1 is 1.36 bits per heavy atom. The van der Waals surface area contributed by atoms with E-state index in [2.05, 4.69) is 5.32 Å². The first-order valence-electron chi connectivity index (χ1n) is 7.14. The third kappa shape index (κ3) is 9.93. The number of hydrogen-bond acceptors (Lipinski definition) is 6. The van der Waals surface area contributed by atoms with Gasteiger partial charge in [-0.15, -0.1) is 0 Å². The number of likely N-dealkylation sites (N-methyl/N-ethyl adjacent to an activating group) is 1. The van der Waals surface area contributed by atoms with E-state index >= 15 is 0 Å². The average Bonchev–Trinajstić information content (AvgIpc) is 2.34. The quantitative estimate of drug-likeness (QED) is 0.580. The molecule has 9 heteroatoms. The van der Waals surface area contributed by atoms with Crippen molar-refractivity contribution in [1.82, 2.24) is 9.62 Å². The molecule has 0 aromatic heterocycles. The van der Waals surface area contributed by atoms with E-state index in [9.17, 15) is 18.3 Å². The van der Waals surface area contributed by atoms with Gasteiger partial charge in [-0.2, -0.15) is 0 Å². The molecule has 0 spiro atoms. The van der Waals surface area contributed by atoms with Crippen LogP contribution in [0.25, 0.3) is 0 Å². The summed E-state index contributed by atoms with van der Waals surface area (Å²) in [6.07, 6.45) is -1.69. The molecule has 0 aliphatic carbocycles. The Balaban J connectivity index is 4.19. The molecule has 0 radical (unpaired) electrons. The highest BCUT2D eigenvalue weighted by Crippen LogP contribution is 2.06. The number of sulfonamides is 1. The Bertz CT molecular complexity index is 432. The summed E-state index contributed by atoms with van der Waals surface area (Å²) >= 11 is 0. The zero-order valence-electron chi connectivity index (χ0n) is 14.0. The maximum Gasteiger partial charge on any atom is 0.407 e. The standard InChI is InChI=1S/C13H28N2O6S/c1-6-20-7-8-22(18,19)15(5)10-11(16)9-14-12(17)21-13(2,3)4/h11,16H,6-10H2,1-5H3,(H,14,17)/t11-/m0/s1. The van der Waals surface area contributed by atoms with E-state index in [1.807, 2.05) is 0 Å². The van der Waals surface area contributed by atoms with Crippen LogP contribution in [0.5, 0.6) is 0 Å². The molecule has 0 aromatic carbocycles. The summed E-state index contributed by atoms with van der Waals surface area (Å²) in [6, 6.07) is 0. The van der Waals surface area contributed by atoms with Gasteiger partial charge in [0.15, 0.2) is 0 Å². The van der Waals surface area contributed by atoms with Crippen molar-refractivity contribution in [1.29, 1.82) is 0 Å². The normalized spacial score (nSPS) is 14.0. The first kappa shape index (κ1) is 21.1. The van der Waals surface area contributed by atoms with Crippen molar-refractivity contribution >= 4 is 16.1 Å². The summed E-state index contributed by atoms with van der Waals surface area (Å²) < 4.78 is 34.9. The summed E-state index contributed by atoms with van der Waals surface area (Å²) in [7, 11) is -2.12. The summed E-state index contributed by atoms with van der Waals surface area (Å²) in [5, 5.41) is 12.2. The number of amides is 1. The molecule has 2 N–H and O–H groups in total. The Hall–Kier alpha value is -0.900. The van der Waals surface area contributed by atoms with Crippen LogP contribution in [-0.4, -0.2) is 74.7 Å². The Labute approximate surface area is 132 Å². The molecular weight excluding hydrogens is 312 g/mol. The maximum absolute atomic E-state index is 11.9. The molecule has 0 fully saturated rings. The van der Waals surface area contributed by atoms with Crippen molar-refractivity contribution in [3.63, 3.8) is 0 Å². The fraction of sp³-hybridized carbons (Fsp3) is 0.923. The average molecular weight is 340 g/mol. The maximum atomic E-state index is 11.9. The van der Waals surface area contributed by atoms with Gasteiger partial charge in [0.25, 0.3) is 0 Å². The Morgan fingerprint density at radius 2 is 1.95 bits per heavy atom. The van der Waals surface area contributed by atoms with E-state index in [4.69, 9.17) is 9.47 Å². The molecule has 1 amide bonds. The van der Waals surface area contributed by atoms with Crippen molar-refractivity contribution in [3.05, 3.63) is 0 Å². The number of hydrogen-bond donors (Lipinski definition) is 2. The van der Waals surface area contributed by atoms with Crippen molar-refractivity contribution in [3.8, 4) is 0 Å². The molecule has 0 bridgehead atoms. The van der Waals surface area contributed by atoms with Gasteiger partial charge in [-0.3, -0.25) is 0 Å². The fourth-order valence-electron chi connectivity index (χ4n) is 1.45. The van der Waals surface area contributed by atoms with Crippen LogP contribution < -0.4 is 5.32 Å². The van der Waals surface area contributed by atoms with Gasteiger partial charge >= 0.3 is 6.09 Å². The molecule has 0 saturated carbocycles. The second-order valence-corrected chi connectivity index (χ2v) is 8.03. The zero-order chi connectivity index (χ0) is 17.4. The van der Waals surface area contributed by atoms with Gasteiger partial charge in [-0.25, -0.2) is 17.5 Å². The highest BCUT2D eigenvalue weighted by atomic mass is 32.2. The monoisotopic (exact) mass is 340 g/mol. The molecule has 0 saturated heterocycles. The van der Waals surface area contributed by atoms with Crippen molar-refractivity contribution in [2.24, 2.45) is 0 Å². The SMILES string of the molecule is CCOCCS(=O)(=O)N(C)C[C@@H](O)CNC(=O)OC(C)(C)C. The first-order valence-corrected chi connectivity index (χ1v) is 8.75. The van der Waals surface area contributed by atoms with Gasteiger partial charge in [0.2, 0.25) is 10.0 Å². The van der Waals surface area contributed by atoms with E-state index in [0.29, 0.717) is 6.61 Å². The number of aliphatic hydroxyl groups excluding tert-OH is 1. The number of alkyl carbamates (subject to hydrolysis) is 1. The predicted octanol–water partition coefficient (Wildman–Crippen LogP) is 0.170. The van der Waals surface area contributed by atoms with Gasteiger partial charge in [-0.1, -0.05) is 0 Å². The second kappa shape index (κ2) is 9.29. The molecule has 0 rings (SSSR count). The molecule has 132 valence electrons. The molecule has 22 heavy (non-hydrogen) atoms. The predicted molar refractivity (Wildman–Crippen MR) is 83.2 cm³/mol. The van der Waals surface area contributed by atoms with E-state index in [0.717, 1.165) is 4.31 Å². The third-order valence-electron chi connectivity index (χ3n) is 2.51. The minimum Gasteiger partial charge on any atom is -0.444 e. The van der Waals surface area contributed by atoms with Crippen LogP contribution >= 0.6 is 0 Å². The lowest BCUT2D eigenvalue weighted by Crippen LogP contribution is -2.43. The van der Waals surface area contributed by atoms with Crippen molar-refractivity contribution < 1.29 is 27.8 Å². The van der Waals surface area contributed by atoms with E-state index in [1.165, 1.54) is 7.05 Å². The number of nitrogens with one attached hydrogen (secondary N) is 1. The molecule has 0 unspecified atom stereocenters. The molecule has 1 atom stereocenters. The number of nitrogens with zero attached hydrogens (tertiary/aromatic N) is 1. The molecule has 8 nitrogen and oxygen atoms in total. The zero-order valence-corrected chi connectivity index (χ0v) is 14.8. The van der Waals surface area contributed by atoms with Crippen LogP contribution in [0.1, 0.15) is 27.7 Å². The van der Waals surface area contributed by atoms with Gasteiger partial charge < -0.3 is 19.9 Å². The number of rotatable bonds is 9. The van der Waals surface area contributed by atoms with Crippen LogP contribution in [-0.2, 0) is 19.5 Å². The number of ether oxygens (including phenoxy) is 2. The van der Waals surface area contributed by atoms with Gasteiger partial charge in [0.1, 0.15) is 5.60 Å². The van der Waals surface area contributed by atoms with Crippen LogP contribution in [0, 0.1) is 0 Å². The summed E-state index contributed by atoms with van der Waals surface area (Å²) in [5.74, 6) is -0.149. The molecule has 0 aliphatic heterocycles. The molecule has 0 aromatic rings. The smallest absolute Gasteiger partial charge is 0.407 e. The third-order valence-corrected chi connectivity index (χ3v) is 4.29. The van der Waals surface area contributed by atoms with Gasteiger partial charge in [0, 0.05) is 26.7 Å². The lowest BCUT2D eigenvalue weighted by molar-refractivity contribution is 0.0486. The largest absolute Gasteiger partial charge is 0.444 e. The Morgan fingerprint density at radius 3 is 2.45 bits per heavy atom. The Kier molecular flexibility index (Phi) is 8.91. The van der Waals surface area contributed by atoms with Crippen LogP contribution in [0.2, 0.25) is 0 Å². The lowest BCUT2D eigenvalue weighted by atomic mass is 10.2. The second-order valence-electron chi connectivity index (χ2n) is 5.83. The topological polar surface area (TPSA) is 105 Å². The van der Waals surface area contributed by atoms with Crippen LogP contribution in [0.3, 0.4) is 0 Å². The molecular formula is C13H28N2O6S. The lowest BCUT2D eigenvalue weighted by Gasteiger charge is -2.22. The van der Waals surface area contributed by atoms with Gasteiger partial charge in [-0.05, 0) is 27.7 Å². The van der Waals surface area contributed by atoms with Gasteiger partial charge in [0.05, 0.1) is 18.5 Å². The summed E-state index contributed by atoms with van der Waals surface area (Å²) in [4.78, 5) is 11.4. The number of aliphatic hydroxyl groups is 1. The summed E-state index contributed by atoms with van der Waals surface area (Å²) in [5.41, 5.74) is -0.631. The molecule has 0 heterocycles. The number of carbonyl (C=O) groups is 1. The van der Waals surface area contributed by atoms with Crippen LogP contribution in [0.4, 0.5) is 4.79 Å². The molecule has 0 aliphatic rings. The minimum atomic E-state index is -3.49. The van der Waals surface area contributed by atoms with Crippen molar-refractivity contribution in [2.75, 3.05) is 39.1 Å². The highest BCUT2D eigenvalue weighted by molar-refractivity contribution is 7.89. The summed E-state index contributed by atoms with van der Waals surface area (Å²) in [6.45, 7) is 7.29.